The molecule has 5 heteroatoms. The van der Waals surface area contributed by atoms with Crippen LogP contribution in [0.25, 0.3) is 5.69 Å². The molecule has 1 atom stereocenters. The number of benzene rings is 1. The SMILES string of the molecule is Fc1ccc(Cl)cc1-n1cncc1[C@@H]1CCCN1. The number of nitrogens with one attached hydrogen (secondary N) is 1. The van der Waals surface area contributed by atoms with Crippen LogP contribution >= 0.6 is 11.6 Å². The summed E-state index contributed by atoms with van der Waals surface area (Å²) in [6.07, 6.45) is 5.59. The molecule has 3 rings (SSSR count). The van der Waals surface area contributed by atoms with Crippen LogP contribution in [0.1, 0.15) is 24.6 Å². The van der Waals surface area contributed by atoms with Crippen molar-refractivity contribution in [2.24, 2.45) is 0 Å². The molecule has 0 saturated carbocycles. The van der Waals surface area contributed by atoms with Crippen LogP contribution in [-0.2, 0) is 0 Å². The lowest BCUT2D eigenvalue weighted by molar-refractivity contribution is 0.591. The van der Waals surface area contributed by atoms with E-state index < -0.39 is 0 Å². The first kappa shape index (κ1) is 11.7. The summed E-state index contributed by atoms with van der Waals surface area (Å²) in [5, 5.41) is 3.91. The fourth-order valence-electron chi connectivity index (χ4n) is 2.37. The van der Waals surface area contributed by atoms with E-state index in [9.17, 15) is 4.39 Å². The molecule has 0 unspecified atom stereocenters. The zero-order valence-corrected chi connectivity index (χ0v) is 10.5. The van der Waals surface area contributed by atoms with Crippen molar-refractivity contribution in [2.75, 3.05) is 6.54 Å². The second-order valence-electron chi connectivity index (χ2n) is 4.43. The molecule has 1 aromatic carbocycles. The zero-order chi connectivity index (χ0) is 12.5. The second-order valence-corrected chi connectivity index (χ2v) is 4.87. The van der Waals surface area contributed by atoms with Gasteiger partial charge in [0.25, 0.3) is 0 Å². The van der Waals surface area contributed by atoms with E-state index in [1.54, 1.807) is 29.2 Å². The van der Waals surface area contributed by atoms with Gasteiger partial charge in [0.15, 0.2) is 0 Å². The Morgan fingerprint density at radius 2 is 2.33 bits per heavy atom. The smallest absolute Gasteiger partial charge is 0.147 e. The Hall–Kier alpha value is -1.39. The molecule has 3 nitrogen and oxygen atoms in total. The summed E-state index contributed by atoms with van der Waals surface area (Å²) in [6.45, 7) is 0.994. The van der Waals surface area contributed by atoms with Crippen molar-refractivity contribution in [3.63, 3.8) is 0 Å². The fourth-order valence-corrected chi connectivity index (χ4v) is 2.54. The fraction of sp³-hybridized carbons (Fsp3) is 0.308. The van der Waals surface area contributed by atoms with Crippen LogP contribution in [0.5, 0.6) is 0 Å². The molecular formula is C13H13ClFN3. The predicted molar refractivity (Wildman–Crippen MR) is 68.5 cm³/mol. The van der Waals surface area contributed by atoms with E-state index >= 15 is 0 Å². The maximum atomic E-state index is 13.9. The maximum absolute atomic E-state index is 13.9. The summed E-state index contributed by atoms with van der Waals surface area (Å²) in [4.78, 5) is 4.13. The van der Waals surface area contributed by atoms with Crippen LogP contribution in [0.3, 0.4) is 0 Å². The Kier molecular flexibility index (Phi) is 3.06. The van der Waals surface area contributed by atoms with Gasteiger partial charge in [0.05, 0.1) is 23.9 Å². The van der Waals surface area contributed by atoms with Crippen molar-refractivity contribution in [1.82, 2.24) is 14.9 Å². The molecule has 0 spiro atoms. The number of aromatic nitrogens is 2. The average molecular weight is 266 g/mol. The summed E-state index contributed by atoms with van der Waals surface area (Å²) in [5.41, 5.74) is 1.43. The summed E-state index contributed by atoms with van der Waals surface area (Å²) in [7, 11) is 0. The Bertz CT molecular complexity index is 561. The van der Waals surface area contributed by atoms with Crippen LogP contribution in [-0.4, -0.2) is 16.1 Å². The van der Waals surface area contributed by atoms with E-state index in [-0.39, 0.29) is 11.9 Å². The summed E-state index contributed by atoms with van der Waals surface area (Å²) >= 11 is 5.93. The third-order valence-corrected chi connectivity index (χ3v) is 3.49. The highest BCUT2D eigenvalue weighted by Gasteiger charge is 2.21. The zero-order valence-electron chi connectivity index (χ0n) is 9.74. The van der Waals surface area contributed by atoms with E-state index in [4.69, 9.17) is 11.6 Å². The Morgan fingerprint density at radius 3 is 3.11 bits per heavy atom. The van der Waals surface area contributed by atoms with Gasteiger partial charge in [-0.25, -0.2) is 9.37 Å². The van der Waals surface area contributed by atoms with E-state index in [1.807, 2.05) is 0 Å². The normalized spacial score (nSPS) is 19.3. The molecule has 1 aromatic heterocycles. The van der Waals surface area contributed by atoms with Gasteiger partial charge >= 0.3 is 0 Å². The van der Waals surface area contributed by atoms with Crippen molar-refractivity contribution < 1.29 is 4.39 Å². The summed E-state index contributed by atoms with van der Waals surface area (Å²) < 4.78 is 15.6. The molecule has 1 N–H and O–H groups in total. The van der Waals surface area contributed by atoms with Gasteiger partial charge in [0.1, 0.15) is 5.82 Å². The lowest BCUT2D eigenvalue weighted by Crippen LogP contribution is -2.16. The molecule has 0 bridgehead atoms. The van der Waals surface area contributed by atoms with Gasteiger partial charge in [-0.3, -0.25) is 4.57 Å². The molecule has 0 amide bonds. The van der Waals surface area contributed by atoms with Gasteiger partial charge in [-0.05, 0) is 37.6 Å². The van der Waals surface area contributed by atoms with Crippen LogP contribution in [0.15, 0.2) is 30.7 Å². The van der Waals surface area contributed by atoms with Crippen molar-refractivity contribution in [3.05, 3.63) is 47.3 Å². The summed E-state index contributed by atoms with van der Waals surface area (Å²) in [6, 6.07) is 4.79. The molecule has 0 radical (unpaired) electrons. The highest BCUT2D eigenvalue weighted by atomic mass is 35.5. The van der Waals surface area contributed by atoms with Gasteiger partial charge in [0, 0.05) is 11.1 Å². The average Bonchev–Trinajstić information content (AvgIpc) is 3.00. The molecule has 0 aliphatic carbocycles. The van der Waals surface area contributed by atoms with Crippen molar-refractivity contribution >= 4 is 11.6 Å². The first-order chi connectivity index (χ1) is 8.75. The van der Waals surface area contributed by atoms with Crippen LogP contribution < -0.4 is 5.32 Å². The summed E-state index contributed by atoms with van der Waals surface area (Å²) in [5.74, 6) is -0.295. The lowest BCUT2D eigenvalue weighted by Gasteiger charge is -2.14. The number of halogens is 2. The lowest BCUT2D eigenvalue weighted by atomic mass is 10.1. The molecule has 1 fully saturated rings. The van der Waals surface area contributed by atoms with E-state index in [0.29, 0.717) is 10.7 Å². The first-order valence-corrected chi connectivity index (χ1v) is 6.34. The predicted octanol–water partition coefficient (Wildman–Crippen LogP) is 3.09. The maximum Gasteiger partial charge on any atom is 0.147 e. The Balaban J connectivity index is 2.06. The second kappa shape index (κ2) is 4.71. The van der Waals surface area contributed by atoms with E-state index in [0.717, 1.165) is 25.1 Å². The van der Waals surface area contributed by atoms with Crippen molar-refractivity contribution in [1.29, 1.82) is 0 Å². The Morgan fingerprint density at radius 1 is 1.44 bits per heavy atom. The van der Waals surface area contributed by atoms with Crippen LogP contribution in [0.2, 0.25) is 5.02 Å². The third kappa shape index (κ3) is 2.02. The van der Waals surface area contributed by atoms with Gasteiger partial charge < -0.3 is 5.32 Å². The number of hydrogen-bond donors (Lipinski definition) is 1. The number of nitrogens with zero attached hydrogens (tertiary/aromatic N) is 2. The first-order valence-electron chi connectivity index (χ1n) is 5.97. The number of rotatable bonds is 2. The van der Waals surface area contributed by atoms with Gasteiger partial charge in [0.2, 0.25) is 0 Å². The Labute approximate surface area is 110 Å². The topological polar surface area (TPSA) is 29.9 Å². The van der Waals surface area contributed by atoms with Gasteiger partial charge in [-0.15, -0.1) is 0 Å². The minimum atomic E-state index is -0.295. The molecule has 18 heavy (non-hydrogen) atoms. The van der Waals surface area contributed by atoms with E-state index in [2.05, 4.69) is 10.3 Å². The minimum absolute atomic E-state index is 0.242. The standard InChI is InChI=1S/C13H13ClFN3/c14-9-3-4-10(15)12(6-9)18-8-16-7-13(18)11-2-1-5-17-11/h3-4,6-8,11,17H,1-2,5H2/t11-/m0/s1. The molecule has 1 aliphatic rings. The molecule has 1 aliphatic heterocycles. The quantitative estimate of drug-likeness (QED) is 0.904. The van der Waals surface area contributed by atoms with Gasteiger partial charge in [-0.2, -0.15) is 0 Å². The van der Waals surface area contributed by atoms with Crippen LogP contribution in [0, 0.1) is 5.82 Å². The monoisotopic (exact) mass is 265 g/mol. The largest absolute Gasteiger partial charge is 0.309 e. The molecule has 2 heterocycles. The molecule has 2 aromatic rings. The highest BCUT2D eigenvalue weighted by Crippen LogP contribution is 2.27. The number of hydrogen-bond acceptors (Lipinski definition) is 2. The van der Waals surface area contributed by atoms with Crippen molar-refractivity contribution in [3.8, 4) is 5.69 Å². The van der Waals surface area contributed by atoms with Crippen LogP contribution in [0.4, 0.5) is 4.39 Å². The molecule has 94 valence electrons. The van der Waals surface area contributed by atoms with Crippen molar-refractivity contribution in [2.45, 2.75) is 18.9 Å². The highest BCUT2D eigenvalue weighted by molar-refractivity contribution is 6.30. The minimum Gasteiger partial charge on any atom is -0.309 e. The number of imidazole rings is 1. The van der Waals surface area contributed by atoms with E-state index in [1.165, 1.54) is 6.07 Å². The molecule has 1 saturated heterocycles. The third-order valence-electron chi connectivity index (χ3n) is 3.25. The molecular weight excluding hydrogens is 253 g/mol. The van der Waals surface area contributed by atoms with Gasteiger partial charge in [-0.1, -0.05) is 11.6 Å².